The number of fused-ring (bicyclic) bond motifs is 1. The fraction of sp³-hybridized carbons (Fsp3) is 0.182. The van der Waals surface area contributed by atoms with E-state index in [1.54, 1.807) is 6.07 Å². The topological polar surface area (TPSA) is 39.7 Å². The molecule has 0 atom stereocenters. The summed E-state index contributed by atoms with van der Waals surface area (Å²) in [6.07, 6.45) is 0. The maximum Gasteiger partial charge on any atom is 0.231 e. The van der Waals surface area contributed by atoms with Crippen molar-refractivity contribution in [3.63, 3.8) is 0 Å². The van der Waals surface area contributed by atoms with Crippen molar-refractivity contribution in [3.8, 4) is 17.2 Å². The lowest BCUT2D eigenvalue weighted by atomic mass is 10.2. The van der Waals surface area contributed by atoms with Crippen LogP contribution >= 0.6 is 11.6 Å². The second-order valence-corrected chi connectivity index (χ2v) is 6.87. The van der Waals surface area contributed by atoms with Crippen LogP contribution in [0.2, 0.25) is 5.02 Å². The van der Waals surface area contributed by atoms with Gasteiger partial charge in [0.1, 0.15) is 18.2 Å². The van der Waals surface area contributed by atoms with Gasteiger partial charge in [0, 0.05) is 18.7 Å². The van der Waals surface area contributed by atoms with Gasteiger partial charge in [-0.2, -0.15) is 0 Å². The molecule has 3 aromatic carbocycles. The van der Waals surface area contributed by atoms with Gasteiger partial charge in [-0.1, -0.05) is 35.9 Å². The molecule has 0 amide bonds. The molecule has 4 nitrogen and oxygen atoms in total. The van der Waals surface area contributed by atoms with Gasteiger partial charge in [0.15, 0.2) is 11.5 Å². The van der Waals surface area contributed by atoms with E-state index in [4.69, 9.17) is 25.8 Å². The van der Waals surface area contributed by atoms with Gasteiger partial charge in [-0.25, -0.2) is 4.39 Å². The Hall–Kier alpha value is -2.76. The first-order valence-corrected chi connectivity index (χ1v) is 9.30. The highest BCUT2D eigenvalue weighted by Gasteiger charge is 2.12. The second-order valence-electron chi connectivity index (χ2n) is 6.46. The van der Waals surface area contributed by atoms with Crippen LogP contribution in [0.25, 0.3) is 0 Å². The molecule has 3 aromatic rings. The van der Waals surface area contributed by atoms with Crippen LogP contribution in [0.5, 0.6) is 17.2 Å². The third-order valence-electron chi connectivity index (χ3n) is 4.43. The normalized spacial score (nSPS) is 12.2. The predicted molar refractivity (Wildman–Crippen MR) is 105 cm³/mol. The van der Waals surface area contributed by atoms with Crippen LogP contribution in [0.15, 0.2) is 60.7 Å². The molecule has 28 heavy (non-hydrogen) atoms. The lowest BCUT2D eigenvalue weighted by molar-refractivity contribution is 0.174. The maximum absolute atomic E-state index is 13.1. The number of benzene rings is 3. The molecule has 1 heterocycles. The molecule has 0 aromatic heterocycles. The Morgan fingerprint density at radius 2 is 1.64 bits per heavy atom. The van der Waals surface area contributed by atoms with Crippen molar-refractivity contribution in [1.82, 2.24) is 5.32 Å². The molecule has 144 valence electrons. The lowest BCUT2D eigenvalue weighted by Crippen LogP contribution is -2.12. The van der Waals surface area contributed by atoms with Gasteiger partial charge in [0.05, 0.1) is 5.02 Å². The van der Waals surface area contributed by atoms with Gasteiger partial charge in [-0.05, 0) is 47.5 Å². The highest BCUT2D eigenvalue weighted by Crippen LogP contribution is 2.32. The fourth-order valence-electron chi connectivity index (χ4n) is 2.91. The van der Waals surface area contributed by atoms with Gasteiger partial charge >= 0.3 is 0 Å². The smallest absolute Gasteiger partial charge is 0.231 e. The summed E-state index contributed by atoms with van der Waals surface area (Å²) in [6.45, 7) is 2.05. The Kier molecular flexibility index (Phi) is 5.65. The fourth-order valence-corrected chi connectivity index (χ4v) is 3.13. The highest BCUT2D eigenvalue weighted by molar-refractivity contribution is 6.31. The molecule has 0 bridgehead atoms. The third-order valence-corrected chi connectivity index (χ3v) is 4.78. The molecule has 1 aliphatic rings. The summed E-state index contributed by atoms with van der Waals surface area (Å²) in [5.74, 6) is 1.97. The van der Waals surface area contributed by atoms with E-state index in [9.17, 15) is 4.39 Å². The molecule has 0 fully saturated rings. The van der Waals surface area contributed by atoms with Crippen molar-refractivity contribution in [2.24, 2.45) is 0 Å². The van der Waals surface area contributed by atoms with Crippen LogP contribution in [-0.2, 0) is 19.7 Å². The first kappa shape index (κ1) is 18.6. The summed E-state index contributed by atoms with van der Waals surface area (Å²) in [7, 11) is 0. The van der Waals surface area contributed by atoms with Gasteiger partial charge in [-0.15, -0.1) is 0 Å². The van der Waals surface area contributed by atoms with Crippen LogP contribution in [0.1, 0.15) is 16.7 Å². The third kappa shape index (κ3) is 4.55. The second kappa shape index (κ2) is 8.50. The molecule has 6 heteroatoms. The highest BCUT2D eigenvalue weighted by atomic mass is 35.5. The van der Waals surface area contributed by atoms with Crippen LogP contribution in [0.3, 0.4) is 0 Å². The summed E-state index contributed by atoms with van der Waals surface area (Å²) < 4.78 is 29.5. The molecule has 0 aliphatic carbocycles. The average molecular weight is 400 g/mol. The monoisotopic (exact) mass is 399 g/mol. The number of hydrogen-bond donors (Lipinski definition) is 1. The number of hydrogen-bond acceptors (Lipinski definition) is 4. The summed E-state index contributed by atoms with van der Waals surface area (Å²) in [4.78, 5) is 0. The van der Waals surface area contributed by atoms with Gasteiger partial charge in [0.25, 0.3) is 0 Å². The minimum absolute atomic E-state index is 0.286. The minimum atomic E-state index is -0.355. The van der Waals surface area contributed by atoms with E-state index in [0.717, 1.165) is 47.0 Å². The predicted octanol–water partition coefficient (Wildman–Crippen LogP) is 5.08. The summed E-state index contributed by atoms with van der Waals surface area (Å²) in [5, 5.41) is 3.77. The van der Waals surface area contributed by atoms with Gasteiger partial charge < -0.3 is 19.5 Å². The number of rotatable bonds is 7. The Bertz CT molecular complexity index is 962. The lowest BCUT2D eigenvalue weighted by Gasteiger charge is -2.10. The summed E-state index contributed by atoms with van der Waals surface area (Å²) >= 11 is 6.02. The van der Waals surface area contributed by atoms with Crippen molar-refractivity contribution in [2.75, 3.05) is 6.79 Å². The van der Waals surface area contributed by atoms with E-state index in [-0.39, 0.29) is 12.6 Å². The Morgan fingerprint density at radius 1 is 0.893 bits per heavy atom. The van der Waals surface area contributed by atoms with E-state index in [2.05, 4.69) is 5.32 Å². The molecular formula is C22H19ClFNO3. The minimum Gasteiger partial charge on any atom is -0.489 e. The molecule has 0 spiro atoms. The first-order valence-electron chi connectivity index (χ1n) is 8.92. The zero-order valence-corrected chi connectivity index (χ0v) is 15.8. The Labute approximate surface area is 167 Å². The Morgan fingerprint density at radius 3 is 2.46 bits per heavy atom. The molecular weight excluding hydrogens is 381 g/mol. The molecule has 4 rings (SSSR count). The zero-order chi connectivity index (χ0) is 19.3. The summed E-state index contributed by atoms with van der Waals surface area (Å²) in [5.41, 5.74) is 3.03. The van der Waals surface area contributed by atoms with Gasteiger partial charge in [-0.3, -0.25) is 0 Å². The number of halogens is 2. The van der Waals surface area contributed by atoms with Crippen molar-refractivity contribution >= 4 is 11.6 Å². The average Bonchev–Trinajstić information content (AvgIpc) is 3.16. The molecule has 0 saturated carbocycles. The SMILES string of the molecule is Fc1ccc(COc2ccc(CNCc3ccc4c(c3)OCO4)cc2)c(Cl)c1. The van der Waals surface area contributed by atoms with Crippen molar-refractivity contribution in [3.05, 3.63) is 88.2 Å². The van der Waals surface area contributed by atoms with E-state index in [1.807, 2.05) is 42.5 Å². The van der Waals surface area contributed by atoms with Gasteiger partial charge in [0.2, 0.25) is 6.79 Å². The van der Waals surface area contributed by atoms with E-state index in [0.29, 0.717) is 11.6 Å². The standard InChI is InChI=1S/C22H19ClFNO3/c23-20-10-18(24)5-4-17(20)13-26-19-6-1-15(2-7-19)11-25-12-16-3-8-21-22(9-16)28-14-27-21/h1-10,25H,11-14H2. The van der Waals surface area contributed by atoms with Crippen molar-refractivity contribution in [1.29, 1.82) is 0 Å². The molecule has 0 unspecified atom stereocenters. The largest absolute Gasteiger partial charge is 0.489 e. The number of nitrogens with one attached hydrogen (secondary N) is 1. The molecule has 1 aliphatic heterocycles. The van der Waals surface area contributed by atoms with Crippen LogP contribution in [-0.4, -0.2) is 6.79 Å². The number of ether oxygens (including phenoxy) is 3. The van der Waals surface area contributed by atoms with Crippen LogP contribution in [0.4, 0.5) is 4.39 Å². The van der Waals surface area contributed by atoms with Crippen LogP contribution < -0.4 is 19.5 Å². The summed E-state index contributed by atoms with van der Waals surface area (Å²) in [6, 6.07) is 18.1. The maximum atomic E-state index is 13.1. The van der Waals surface area contributed by atoms with E-state index in [1.165, 1.54) is 12.1 Å². The quantitative estimate of drug-likeness (QED) is 0.601. The molecule has 0 radical (unpaired) electrons. The van der Waals surface area contributed by atoms with E-state index < -0.39 is 0 Å². The van der Waals surface area contributed by atoms with E-state index >= 15 is 0 Å². The van der Waals surface area contributed by atoms with Crippen LogP contribution in [0, 0.1) is 5.82 Å². The van der Waals surface area contributed by atoms with Crippen molar-refractivity contribution in [2.45, 2.75) is 19.7 Å². The zero-order valence-electron chi connectivity index (χ0n) is 15.1. The Balaban J connectivity index is 1.26. The molecule has 0 saturated heterocycles. The molecule has 1 N–H and O–H groups in total. The van der Waals surface area contributed by atoms with Crippen molar-refractivity contribution < 1.29 is 18.6 Å². The first-order chi connectivity index (χ1) is 13.7.